The van der Waals surface area contributed by atoms with E-state index >= 15 is 0 Å². The van der Waals surface area contributed by atoms with Crippen molar-refractivity contribution in [3.05, 3.63) is 0 Å². The van der Waals surface area contributed by atoms with Crippen LogP contribution in [0.25, 0.3) is 0 Å². The molecule has 1 saturated carbocycles. The smallest absolute Gasteiger partial charge is 0.0893 e. The molecule has 0 aromatic heterocycles. The molecule has 58 valence electrons. The molecular formula is C9H19B. The van der Waals surface area contributed by atoms with Crippen molar-refractivity contribution in [3.63, 3.8) is 0 Å². The second kappa shape index (κ2) is 4.82. The molecule has 1 heteroatoms. The van der Waals surface area contributed by atoms with Gasteiger partial charge >= 0.3 is 0 Å². The van der Waals surface area contributed by atoms with Crippen molar-refractivity contribution in [2.45, 2.75) is 51.7 Å². The van der Waals surface area contributed by atoms with Gasteiger partial charge in [0.15, 0.2) is 0 Å². The van der Waals surface area contributed by atoms with E-state index in [1.807, 2.05) is 0 Å². The maximum absolute atomic E-state index is 2.29. The molecular weight excluding hydrogens is 119 g/mol. The predicted octanol–water partition coefficient (Wildman–Crippen LogP) is 2.86. The zero-order valence-electron chi connectivity index (χ0n) is 7.23. The highest BCUT2D eigenvalue weighted by atomic mass is 14.2. The molecule has 1 rings (SSSR count). The first-order valence-corrected chi connectivity index (χ1v) is 4.93. The van der Waals surface area contributed by atoms with E-state index < -0.39 is 0 Å². The van der Waals surface area contributed by atoms with Gasteiger partial charge in [0.1, 0.15) is 7.28 Å². The predicted molar refractivity (Wildman–Crippen MR) is 49.0 cm³/mol. The summed E-state index contributed by atoms with van der Waals surface area (Å²) in [5.74, 6) is 1.11. The lowest BCUT2D eigenvalue weighted by atomic mass is 9.72. The second-order valence-electron chi connectivity index (χ2n) is 3.65. The van der Waals surface area contributed by atoms with Gasteiger partial charge in [0.2, 0.25) is 0 Å². The van der Waals surface area contributed by atoms with Crippen molar-refractivity contribution >= 4 is 7.28 Å². The third-order valence-corrected chi connectivity index (χ3v) is 2.69. The van der Waals surface area contributed by atoms with E-state index in [2.05, 4.69) is 6.82 Å². The summed E-state index contributed by atoms with van der Waals surface area (Å²) < 4.78 is 0. The van der Waals surface area contributed by atoms with Crippen LogP contribution in [0.2, 0.25) is 13.1 Å². The topological polar surface area (TPSA) is 0 Å². The Morgan fingerprint density at radius 3 is 2.50 bits per heavy atom. The SMILES string of the molecule is CBCCC1CCCCC1. The molecule has 1 aliphatic rings. The van der Waals surface area contributed by atoms with Gasteiger partial charge in [-0.25, -0.2) is 0 Å². The van der Waals surface area contributed by atoms with Crippen LogP contribution in [-0.2, 0) is 0 Å². The Kier molecular flexibility index (Phi) is 3.93. The molecule has 0 aromatic carbocycles. The Hall–Kier alpha value is 0.0649. The van der Waals surface area contributed by atoms with Gasteiger partial charge in [0, 0.05) is 0 Å². The molecule has 0 unspecified atom stereocenters. The number of hydrogen-bond acceptors (Lipinski definition) is 0. The summed E-state index contributed by atoms with van der Waals surface area (Å²) in [6, 6.07) is 0. The maximum Gasteiger partial charge on any atom is 0.117 e. The Morgan fingerprint density at radius 1 is 1.20 bits per heavy atom. The monoisotopic (exact) mass is 138 g/mol. The molecule has 0 N–H and O–H groups in total. The first-order chi connectivity index (χ1) is 4.93. The molecule has 0 aromatic rings. The summed E-state index contributed by atoms with van der Waals surface area (Å²) in [6.07, 6.45) is 10.5. The van der Waals surface area contributed by atoms with Gasteiger partial charge in [-0.3, -0.25) is 0 Å². The lowest BCUT2D eigenvalue weighted by molar-refractivity contribution is 0.349. The number of rotatable bonds is 3. The lowest BCUT2D eigenvalue weighted by Crippen LogP contribution is -2.06. The van der Waals surface area contributed by atoms with Crippen molar-refractivity contribution in [1.82, 2.24) is 0 Å². The van der Waals surface area contributed by atoms with Crippen LogP contribution >= 0.6 is 0 Å². The van der Waals surface area contributed by atoms with Gasteiger partial charge in [-0.05, 0) is 5.92 Å². The van der Waals surface area contributed by atoms with Gasteiger partial charge in [-0.15, -0.1) is 0 Å². The zero-order valence-corrected chi connectivity index (χ0v) is 7.23. The van der Waals surface area contributed by atoms with E-state index in [9.17, 15) is 0 Å². The van der Waals surface area contributed by atoms with Crippen molar-refractivity contribution in [2.75, 3.05) is 0 Å². The summed E-state index contributed by atoms with van der Waals surface area (Å²) in [6.45, 7) is 2.29. The minimum absolute atomic E-state index is 1.11. The molecule has 1 fully saturated rings. The normalized spacial score (nSPS) is 20.9. The Bertz CT molecular complexity index is 74.8. The van der Waals surface area contributed by atoms with Crippen molar-refractivity contribution in [2.24, 2.45) is 5.92 Å². The maximum atomic E-state index is 2.29. The average molecular weight is 138 g/mol. The largest absolute Gasteiger partial charge is 0.117 e. The molecule has 0 amide bonds. The van der Waals surface area contributed by atoms with Crippen LogP contribution in [-0.4, -0.2) is 7.28 Å². The average Bonchev–Trinajstić information content (AvgIpc) is 2.03. The summed E-state index contributed by atoms with van der Waals surface area (Å²) in [5, 5.41) is 0. The van der Waals surface area contributed by atoms with E-state index in [1.165, 1.54) is 52.1 Å². The van der Waals surface area contributed by atoms with Crippen LogP contribution in [0.3, 0.4) is 0 Å². The molecule has 0 bridgehead atoms. The van der Waals surface area contributed by atoms with Crippen molar-refractivity contribution < 1.29 is 0 Å². The van der Waals surface area contributed by atoms with Crippen LogP contribution in [0.1, 0.15) is 38.5 Å². The molecule has 0 spiro atoms. The Morgan fingerprint density at radius 2 is 1.90 bits per heavy atom. The first kappa shape index (κ1) is 8.16. The summed E-state index contributed by atoms with van der Waals surface area (Å²) in [7, 11) is 1.39. The quantitative estimate of drug-likeness (QED) is 0.526. The van der Waals surface area contributed by atoms with Crippen molar-refractivity contribution in [3.8, 4) is 0 Å². The molecule has 1 aliphatic carbocycles. The van der Waals surface area contributed by atoms with E-state index in [1.54, 1.807) is 0 Å². The molecule has 0 aliphatic heterocycles. The fourth-order valence-electron chi connectivity index (χ4n) is 1.97. The molecule has 10 heavy (non-hydrogen) atoms. The molecule has 0 nitrogen and oxygen atoms in total. The number of hydrogen-bond donors (Lipinski definition) is 0. The van der Waals surface area contributed by atoms with Crippen LogP contribution in [0.5, 0.6) is 0 Å². The van der Waals surface area contributed by atoms with Crippen LogP contribution in [0, 0.1) is 5.92 Å². The van der Waals surface area contributed by atoms with Gasteiger partial charge in [0.05, 0.1) is 0 Å². The van der Waals surface area contributed by atoms with Gasteiger partial charge in [-0.2, -0.15) is 0 Å². The van der Waals surface area contributed by atoms with E-state index in [-0.39, 0.29) is 0 Å². The fourth-order valence-corrected chi connectivity index (χ4v) is 1.97. The molecule has 0 radical (unpaired) electrons. The Balaban J connectivity index is 2.02. The third-order valence-electron chi connectivity index (χ3n) is 2.69. The molecule has 0 saturated heterocycles. The van der Waals surface area contributed by atoms with Gasteiger partial charge in [0.25, 0.3) is 0 Å². The minimum atomic E-state index is 1.11. The van der Waals surface area contributed by atoms with Crippen LogP contribution in [0.4, 0.5) is 0 Å². The summed E-state index contributed by atoms with van der Waals surface area (Å²) >= 11 is 0. The van der Waals surface area contributed by atoms with Gasteiger partial charge < -0.3 is 0 Å². The highest BCUT2D eigenvalue weighted by Crippen LogP contribution is 2.27. The standard InChI is InChI=1S/C9H19B/c1-10-8-7-9-5-3-2-4-6-9/h9-10H,2-8H2,1H3. The van der Waals surface area contributed by atoms with Crippen molar-refractivity contribution in [1.29, 1.82) is 0 Å². The molecule has 0 heterocycles. The first-order valence-electron chi connectivity index (χ1n) is 4.93. The Labute approximate surface area is 65.6 Å². The zero-order chi connectivity index (χ0) is 7.23. The summed E-state index contributed by atoms with van der Waals surface area (Å²) in [4.78, 5) is 0. The van der Waals surface area contributed by atoms with E-state index in [0.29, 0.717) is 0 Å². The third kappa shape index (κ3) is 2.77. The highest BCUT2D eigenvalue weighted by molar-refractivity contribution is 6.33. The van der Waals surface area contributed by atoms with Crippen LogP contribution < -0.4 is 0 Å². The van der Waals surface area contributed by atoms with Gasteiger partial charge in [-0.1, -0.05) is 51.7 Å². The lowest BCUT2D eigenvalue weighted by Gasteiger charge is -2.20. The van der Waals surface area contributed by atoms with E-state index in [0.717, 1.165) is 5.92 Å². The fraction of sp³-hybridized carbons (Fsp3) is 1.00. The second-order valence-corrected chi connectivity index (χ2v) is 3.65. The highest BCUT2D eigenvalue weighted by Gasteiger charge is 2.11. The van der Waals surface area contributed by atoms with E-state index in [4.69, 9.17) is 0 Å². The minimum Gasteiger partial charge on any atom is -0.0893 e. The molecule has 0 atom stereocenters. The van der Waals surface area contributed by atoms with Crippen LogP contribution in [0.15, 0.2) is 0 Å². The summed E-state index contributed by atoms with van der Waals surface area (Å²) in [5.41, 5.74) is 0.